The van der Waals surface area contributed by atoms with Crippen LogP contribution in [-0.4, -0.2) is 28.3 Å². The van der Waals surface area contributed by atoms with Crippen LogP contribution in [0.25, 0.3) is 11.3 Å². The molecule has 0 bridgehead atoms. The molecule has 0 spiro atoms. The number of nitrogens with one attached hydrogen (secondary N) is 1. The van der Waals surface area contributed by atoms with Crippen molar-refractivity contribution in [3.63, 3.8) is 0 Å². The van der Waals surface area contributed by atoms with Crippen LogP contribution in [0.15, 0.2) is 53.1 Å². The van der Waals surface area contributed by atoms with Gasteiger partial charge in [-0.3, -0.25) is 4.79 Å². The predicted octanol–water partition coefficient (Wildman–Crippen LogP) is 2.54. The van der Waals surface area contributed by atoms with Crippen molar-refractivity contribution >= 4 is 5.91 Å². The second-order valence-electron chi connectivity index (χ2n) is 5.52. The Bertz CT molecular complexity index is 678. The quantitative estimate of drug-likeness (QED) is 0.851. The maximum Gasteiger partial charge on any atom is 0.273 e. The minimum atomic E-state index is -0.958. The molecule has 1 amide bonds. The van der Waals surface area contributed by atoms with E-state index in [0.717, 1.165) is 18.4 Å². The highest BCUT2D eigenvalue weighted by molar-refractivity contribution is 5.93. The zero-order valence-electron chi connectivity index (χ0n) is 12.2. The van der Waals surface area contributed by atoms with E-state index in [0.29, 0.717) is 12.2 Å². The van der Waals surface area contributed by atoms with E-state index in [9.17, 15) is 9.90 Å². The minimum Gasteiger partial charge on any atom is -0.384 e. The van der Waals surface area contributed by atoms with Crippen molar-refractivity contribution in [1.82, 2.24) is 10.5 Å². The van der Waals surface area contributed by atoms with Crippen LogP contribution in [0.2, 0.25) is 0 Å². The number of nitrogens with zero attached hydrogens (tertiary/aromatic N) is 1. The van der Waals surface area contributed by atoms with E-state index in [2.05, 4.69) is 10.5 Å². The van der Waals surface area contributed by atoms with E-state index in [1.807, 2.05) is 36.4 Å². The Morgan fingerprint density at radius 2 is 2.18 bits per heavy atom. The Hall–Kier alpha value is -2.40. The Morgan fingerprint density at radius 3 is 2.91 bits per heavy atom. The molecule has 22 heavy (non-hydrogen) atoms. The first-order valence-corrected chi connectivity index (χ1v) is 7.37. The molecular weight excluding hydrogens is 280 g/mol. The lowest BCUT2D eigenvalue weighted by atomic mass is 9.91. The SMILES string of the molecule is O=C(NC[C@]1(O)C=CCCC1)c1cc(-c2ccccc2)on1. The average molecular weight is 298 g/mol. The van der Waals surface area contributed by atoms with Crippen molar-refractivity contribution in [1.29, 1.82) is 0 Å². The number of rotatable bonds is 4. The van der Waals surface area contributed by atoms with Crippen LogP contribution in [0.1, 0.15) is 29.8 Å². The van der Waals surface area contributed by atoms with Crippen molar-refractivity contribution < 1.29 is 14.4 Å². The normalized spacial score (nSPS) is 20.8. The molecule has 1 aliphatic rings. The highest BCUT2D eigenvalue weighted by Crippen LogP contribution is 2.22. The predicted molar refractivity (Wildman–Crippen MR) is 82.2 cm³/mol. The number of benzene rings is 1. The summed E-state index contributed by atoms with van der Waals surface area (Å²) in [7, 11) is 0. The van der Waals surface area contributed by atoms with Crippen LogP contribution in [-0.2, 0) is 0 Å². The smallest absolute Gasteiger partial charge is 0.273 e. The first-order chi connectivity index (χ1) is 10.7. The van der Waals surface area contributed by atoms with Gasteiger partial charge in [-0.1, -0.05) is 47.6 Å². The van der Waals surface area contributed by atoms with Gasteiger partial charge in [0.2, 0.25) is 0 Å². The maximum atomic E-state index is 12.1. The third-order valence-corrected chi connectivity index (χ3v) is 3.76. The molecule has 0 unspecified atom stereocenters. The van der Waals surface area contributed by atoms with Crippen LogP contribution in [0.3, 0.4) is 0 Å². The maximum absolute atomic E-state index is 12.1. The molecule has 114 valence electrons. The number of hydrogen-bond donors (Lipinski definition) is 2. The van der Waals surface area contributed by atoms with Crippen LogP contribution in [0.4, 0.5) is 0 Å². The van der Waals surface area contributed by atoms with Gasteiger partial charge in [-0.25, -0.2) is 0 Å². The number of hydrogen-bond acceptors (Lipinski definition) is 4. The summed E-state index contributed by atoms with van der Waals surface area (Å²) in [4.78, 5) is 12.1. The summed E-state index contributed by atoms with van der Waals surface area (Å²) in [5.74, 6) is 0.195. The number of amides is 1. The number of aromatic nitrogens is 1. The molecule has 0 aliphatic heterocycles. The Morgan fingerprint density at radius 1 is 1.36 bits per heavy atom. The summed E-state index contributed by atoms with van der Waals surface area (Å²) >= 11 is 0. The highest BCUT2D eigenvalue weighted by Gasteiger charge is 2.26. The molecule has 1 aromatic heterocycles. The van der Waals surface area contributed by atoms with Gasteiger partial charge in [-0.05, 0) is 19.3 Å². The fourth-order valence-electron chi connectivity index (χ4n) is 2.50. The fourth-order valence-corrected chi connectivity index (χ4v) is 2.50. The third-order valence-electron chi connectivity index (χ3n) is 3.76. The molecule has 5 nitrogen and oxygen atoms in total. The summed E-state index contributed by atoms with van der Waals surface area (Å²) in [6.07, 6.45) is 6.25. The molecule has 5 heteroatoms. The Kier molecular flexibility index (Phi) is 4.06. The van der Waals surface area contributed by atoms with Crippen molar-refractivity contribution in [2.45, 2.75) is 24.9 Å². The first kappa shape index (κ1) is 14.5. The van der Waals surface area contributed by atoms with Gasteiger partial charge in [0, 0.05) is 11.6 Å². The molecular formula is C17H18N2O3. The summed E-state index contributed by atoms with van der Waals surface area (Å²) in [5.41, 5.74) is 0.116. The minimum absolute atomic E-state index is 0.176. The summed E-state index contributed by atoms with van der Waals surface area (Å²) in [6, 6.07) is 11.1. The molecule has 0 saturated carbocycles. The first-order valence-electron chi connectivity index (χ1n) is 7.37. The zero-order chi connectivity index (χ0) is 15.4. The summed E-state index contributed by atoms with van der Waals surface area (Å²) < 4.78 is 5.20. The van der Waals surface area contributed by atoms with E-state index in [1.54, 1.807) is 12.1 Å². The van der Waals surface area contributed by atoms with Crippen molar-refractivity contribution in [2.24, 2.45) is 0 Å². The Labute approximate surface area is 128 Å². The van der Waals surface area contributed by atoms with Gasteiger partial charge in [-0.15, -0.1) is 0 Å². The molecule has 2 aromatic rings. The third kappa shape index (κ3) is 3.26. The number of carbonyl (C=O) groups is 1. The van der Waals surface area contributed by atoms with Gasteiger partial charge in [-0.2, -0.15) is 0 Å². The van der Waals surface area contributed by atoms with Gasteiger partial charge in [0.1, 0.15) is 0 Å². The lowest BCUT2D eigenvalue weighted by molar-refractivity contribution is 0.0656. The van der Waals surface area contributed by atoms with Crippen LogP contribution < -0.4 is 5.32 Å². The molecule has 1 heterocycles. The lowest BCUT2D eigenvalue weighted by Gasteiger charge is -2.27. The molecule has 1 aliphatic carbocycles. The molecule has 0 radical (unpaired) electrons. The second-order valence-corrected chi connectivity index (χ2v) is 5.52. The van der Waals surface area contributed by atoms with Gasteiger partial charge < -0.3 is 14.9 Å². The largest absolute Gasteiger partial charge is 0.384 e. The lowest BCUT2D eigenvalue weighted by Crippen LogP contribution is -2.42. The number of allylic oxidation sites excluding steroid dienone is 1. The number of aliphatic hydroxyl groups is 1. The molecule has 1 atom stereocenters. The van der Waals surface area contributed by atoms with Crippen molar-refractivity contribution in [3.05, 3.63) is 54.2 Å². The molecule has 3 rings (SSSR count). The Balaban J connectivity index is 1.65. The highest BCUT2D eigenvalue weighted by atomic mass is 16.5. The van der Waals surface area contributed by atoms with Crippen LogP contribution >= 0.6 is 0 Å². The van der Waals surface area contributed by atoms with Gasteiger partial charge in [0.05, 0.1) is 12.1 Å². The zero-order valence-corrected chi connectivity index (χ0v) is 12.2. The van der Waals surface area contributed by atoms with E-state index >= 15 is 0 Å². The fraction of sp³-hybridized carbons (Fsp3) is 0.294. The van der Waals surface area contributed by atoms with Crippen molar-refractivity contribution in [3.8, 4) is 11.3 Å². The number of carbonyl (C=O) groups excluding carboxylic acids is 1. The van der Waals surface area contributed by atoms with Gasteiger partial charge in [0.25, 0.3) is 5.91 Å². The van der Waals surface area contributed by atoms with E-state index in [1.165, 1.54) is 0 Å². The molecule has 0 saturated heterocycles. The second kappa shape index (κ2) is 6.15. The average Bonchev–Trinajstić information content (AvgIpc) is 3.04. The molecule has 1 aromatic carbocycles. The van der Waals surface area contributed by atoms with E-state index in [-0.39, 0.29) is 18.1 Å². The molecule has 0 fully saturated rings. The summed E-state index contributed by atoms with van der Waals surface area (Å²) in [5, 5.41) is 16.8. The van der Waals surface area contributed by atoms with E-state index in [4.69, 9.17) is 4.52 Å². The van der Waals surface area contributed by atoms with Crippen molar-refractivity contribution in [2.75, 3.05) is 6.54 Å². The van der Waals surface area contributed by atoms with Gasteiger partial charge in [0.15, 0.2) is 11.5 Å². The molecule has 2 N–H and O–H groups in total. The van der Waals surface area contributed by atoms with Gasteiger partial charge >= 0.3 is 0 Å². The monoisotopic (exact) mass is 298 g/mol. The topological polar surface area (TPSA) is 75.4 Å². The van der Waals surface area contributed by atoms with Crippen LogP contribution in [0, 0.1) is 0 Å². The van der Waals surface area contributed by atoms with E-state index < -0.39 is 5.60 Å². The summed E-state index contributed by atoms with van der Waals surface area (Å²) in [6.45, 7) is 0.176. The van der Waals surface area contributed by atoms with Crippen LogP contribution in [0.5, 0.6) is 0 Å². The standard InChI is InChI=1S/C17H18N2O3/c20-16(18-12-17(21)9-5-2-6-10-17)14-11-15(22-19-14)13-7-3-1-4-8-13/h1,3-5,7-9,11,21H,2,6,10,12H2,(H,18,20)/t17-/m0/s1.